The van der Waals surface area contributed by atoms with Crippen molar-refractivity contribution >= 4 is 76.8 Å². The van der Waals surface area contributed by atoms with Crippen LogP contribution in [0.15, 0.2) is 0 Å². The van der Waals surface area contributed by atoms with Crippen LogP contribution in [0.1, 0.15) is 244 Å². The van der Waals surface area contributed by atoms with Crippen molar-refractivity contribution < 1.29 is 62.3 Å². The van der Waals surface area contributed by atoms with Gasteiger partial charge in [0.25, 0.3) is 0 Å². The third-order valence-corrected chi connectivity index (χ3v) is 25.9. The maximum absolute atomic E-state index is 14.3. The molecule has 102 heavy (non-hydrogen) atoms. The molecular weight excluding hydrogens is 1300 g/mol. The summed E-state index contributed by atoms with van der Waals surface area (Å²) in [5.41, 5.74) is 11.5. The third kappa shape index (κ3) is 18.9. The highest BCUT2D eigenvalue weighted by molar-refractivity contribution is 5.90. The molecule has 0 aliphatic heterocycles. The molecule has 0 unspecified atom stereocenters. The molecule has 27 heteroatoms. The van der Waals surface area contributed by atoms with Crippen molar-refractivity contribution in [3.05, 3.63) is 0 Å². The highest BCUT2D eigenvalue weighted by Crippen LogP contribution is 2.38. The predicted octanol–water partition coefficient (Wildman–Crippen LogP) is 2.63. The van der Waals surface area contributed by atoms with Gasteiger partial charge in [0.05, 0.1) is 65.1 Å². The zero-order valence-electron chi connectivity index (χ0n) is 60.1. The van der Waals surface area contributed by atoms with Gasteiger partial charge in [0.15, 0.2) is 0 Å². The number of carbonyl (C=O) groups excluding carboxylic acids is 13. The van der Waals surface area contributed by atoms with E-state index in [2.05, 4.69) is 63.8 Å². The normalized spacial score (nSPS) is 35.7. The van der Waals surface area contributed by atoms with Gasteiger partial charge >= 0.3 is 0 Å². The Kier molecular flexibility index (Phi) is 26.7. The highest BCUT2D eigenvalue weighted by atomic mass is 16.2. The fraction of sp³-hybridized carbons (Fsp3) is 0.827. The van der Waals surface area contributed by atoms with Crippen LogP contribution in [0, 0.1) is 65.1 Å². The largest absolute Gasteiger partial charge is 0.369 e. The van der Waals surface area contributed by atoms with E-state index in [-0.39, 0.29) is 125 Å². The van der Waals surface area contributed by atoms with E-state index in [1.807, 2.05) is 0 Å². The molecule has 27 nitrogen and oxygen atoms in total. The van der Waals surface area contributed by atoms with Crippen LogP contribution in [-0.4, -0.2) is 156 Å². The molecule has 0 spiro atoms. The molecule has 566 valence electrons. The van der Waals surface area contributed by atoms with Crippen molar-refractivity contribution in [2.75, 3.05) is 6.54 Å². The Morgan fingerprint density at radius 2 is 0.480 bits per heavy atom. The van der Waals surface area contributed by atoms with Gasteiger partial charge in [-0.2, -0.15) is 0 Å². The standard InChI is InChI=1S/C75H118N14O13/c1-40(90)78-54-28-5-17-43(54)67(94)83-58-32-9-21-47(58)71(98)87-62-36-13-25-51(62)74(101)86-60-34-11-23-49(60)70(97)82-56-30-7-19-45(56)66(93)79-41(15-2-3-38-76)39-64(91)80-55-29-6-18-44(55)68(95)84-59-33-10-22-48(59)72(99)88-63-37-14-26-52(63)75(102)89-61-35-12-24-50(61)73(100)85-57-31-8-20-46(57)69(96)81-53-27-4-16-42(53)65(77)92/h41-63H,2-39,76H2,1H3,(H2,77,92)(H,78,90)(H,79,93)(H,80,91)(H,81,96)(H,82,97)(H,83,94)(H,84,95)(H,85,100)(H,86,101)(H,87,98)(H,88,99)(H,89,102)/t41-,42-,43-,44-,45-,46-,47-,48-,49-,50-,51-,52-,53-,54-,55-,56-,57-,58-,59-,60-,61-,62-,63-/m0/s1. The summed E-state index contributed by atoms with van der Waals surface area (Å²) in [4.78, 5) is 178. The molecule has 11 fully saturated rings. The quantitative estimate of drug-likeness (QED) is 0.0479. The lowest BCUT2D eigenvalue weighted by atomic mass is 9.95. The van der Waals surface area contributed by atoms with E-state index in [0.29, 0.717) is 167 Å². The van der Waals surface area contributed by atoms with E-state index in [9.17, 15) is 62.3 Å². The Balaban J connectivity index is 0.611. The second-order valence-electron chi connectivity index (χ2n) is 32.5. The lowest BCUT2D eigenvalue weighted by Crippen LogP contribution is -2.53. The average Bonchev–Trinajstić information content (AvgIpc) is 1.69. The minimum absolute atomic E-state index is 0.0189. The van der Waals surface area contributed by atoms with Gasteiger partial charge in [-0.3, -0.25) is 62.3 Å². The molecule has 0 bridgehead atoms. The third-order valence-electron chi connectivity index (χ3n) is 25.9. The number of amides is 13. The lowest BCUT2D eigenvalue weighted by Gasteiger charge is -2.29. The molecule has 0 radical (unpaired) electrons. The van der Waals surface area contributed by atoms with Crippen molar-refractivity contribution in [2.45, 2.75) is 317 Å². The first-order valence-electron chi connectivity index (χ1n) is 39.8. The molecule has 0 heterocycles. The molecule has 0 aromatic carbocycles. The van der Waals surface area contributed by atoms with E-state index in [0.717, 1.165) is 70.6 Å². The lowest BCUT2D eigenvalue weighted by molar-refractivity contribution is -0.133. The van der Waals surface area contributed by atoms with Gasteiger partial charge in [-0.25, -0.2) is 0 Å². The van der Waals surface area contributed by atoms with E-state index < -0.39 is 95.4 Å². The molecule has 23 atom stereocenters. The van der Waals surface area contributed by atoms with Crippen molar-refractivity contribution in [1.29, 1.82) is 0 Å². The molecule has 0 saturated heterocycles. The summed E-state index contributed by atoms with van der Waals surface area (Å²) in [6, 6.07) is -4.64. The van der Waals surface area contributed by atoms with Gasteiger partial charge in [0, 0.05) is 85.8 Å². The second-order valence-corrected chi connectivity index (χ2v) is 32.5. The van der Waals surface area contributed by atoms with Crippen LogP contribution in [0.25, 0.3) is 0 Å². The Bertz CT molecular complexity index is 3060. The van der Waals surface area contributed by atoms with Crippen LogP contribution >= 0.6 is 0 Å². The smallest absolute Gasteiger partial charge is 0.225 e. The van der Waals surface area contributed by atoms with Gasteiger partial charge < -0.3 is 75.3 Å². The number of primary amides is 1. The number of carbonyl (C=O) groups is 13. The second kappa shape index (κ2) is 35.7. The fourth-order valence-corrected chi connectivity index (χ4v) is 20.4. The van der Waals surface area contributed by atoms with Crippen molar-refractivity contribution in [2.24, 2.45) is 76.6 Å². The SMILES string of the molecule is CC(=O)N[C@H]1CCC[C@@H]1C(=O)N[C@H]1CCC[C@@H]1C(=O)N[C@H]1CCC[C@@H]1C(=O)N[C@H]1CCC[C@@H]1C(=O)N[C@H]1CCC[C@@H]1C(=O)N[C@@H](CCCCN)CC(=O)N[C@H]1CCC[C@@H]1C(=O)N[C@H]1CCC[C@@H]1C(=O)N[C@H]1CCC[C@@H]1C(=O)N[C@H]1CCC[C@@H]1C(=O)N[C@H]1CCC[C@@H]1C(=O)N[C@H]1CCC[C@@H]1C(N)=O. The summed E-state index contributed by atoms with van der Waals surface area (Å²) >= 11 is 0. The molecular formula is C75H118N14O13. The number of hydrogen-bond acceptors (Lipinski definition) is 14. The summed E-state index contributed by atoms with van der Waals surface area (Å²) in [6.45, 7) is 1.90. The van der Waals surface area contributed by atoms with Crippen molar-refractivity contribution in [3.63, 3.8) is 0 Å². The van der Waals surface area contributed by atoms with Gasteiger partial charge in [-0.1, -0.05) is 77.0 Å². The van der Waals surface area contributed by atoms with Crippen LogP contribution in [0.2, 0.25) is 0 Å². The van der Waals surface area contributed by atoms with Crippen LogP contribution in [-0.2, 0) is 62.3 Å². The Hall–Kier alpha value is -6.93. The maximum Gasteiger partial charge on any atom is 0.225 e. The first-order valence-corrected chi connectivity index (χ1v) is 39.8. The number of nitrogens with one attached hydrogen (secondary N) is 12. The minimum atomic E-state index is -0.536. The maximum atomic E-state index is 14.3. The van der Waals surface area contributed by atoms with Gasteiger partial charge in [0.1, 0.15) is 0 Å². The summed E-state index contributed by atoms with van der Waals surface area (Å²) in [5.74, 6) is -7.86. The Labute approximate surface area is 600 Å². The zero-order valence-corrected chi connectivity index (χ0v) is 60.1. The topological polar surface area (TPSA) is 418 Å². The van der Waals surface area contributed by atoms with E-state index in [4.69, 9.17) is 11.5 Å². The van der Waals surface area contributed by atoms with E-state index in [1.165, 1.54) is 6.92 Å². The summed E-state index contributed by atoms with van der Waals surface area (Å²) in [7, 11) is 0. The summed E-state index contributed by atoms with van der Waals surface area (Å²) < 4.78 is 0. The first kappa shape index (κ1) is 76.2. The molecule has 13 amide bonds. The highest BCUT2D eigenvalue weighted by Gasteiger charge is 2.48. The van der Waals surface area contributed by atoms with Gasteiger partial charge in [-0.05, 0) is 161 Å². The van der Waals surface area contributed by atoms with Crippen molar-refractivity contribution in [1.82, 2.24) is 63.8 Å². The molecule has 0 aromatic rings. The van der Waals surface area contributed by atoms with Crippen LogP contribution in [0.4, 0.5) is 0 Å². The number of unbranched alkanes of at least 4 members (excludes halogenated alkanes) is 1. The van der Waals surface area contributed by atoms with Gasteiger partial charge in [-0.15, -0.1) is 0 Å². The van der Waals surface area contributed by atoms with Gasteiger partial charge in [0.2, 0.25) is 76.8 Å². The number of rotatable bonds is 29. The predicted molar refractivity (Wildman–Crippen MR) is 376 cm³/mol. The summed E-state index contributed by atoms with van der Waals surface area (Å²) in [5, 5.41) is 37.8. The number of hydrogen-bond donors (Lipinski definition) is 14. The van der Waals surface area contributed by atoms with Crippen LogP contribution in [0.5, 0.6) is 0 Å². The molecule has 0 aromatic heterocycles. The number of nitrogens with two attached hydrogens (primary N) is 2. The van der Waals surface area contributed by atoms with Crippen LogP contribution in [0.3, 0.4) is 0 Å². The zero-order chi connectivity index (χ0) is 72.1. The van der Waals surface area contributed by atoms with E-state index in [1.54, 1.807) is 0 Å². The molecule has 11 rings (SSSR count). The first-order chi connectivity index (χ1) is 49.2. The van der Waals surface area contributed by atoms with E-state index >= 15 is 0 Å². The Morgan fingerprint density at radius 1 is 0.275 bits per heavy atom. The molecule has 11 saturated carbocycles. The molecule has 16 N–H and O–H groups in total. The summed E-state index contributed by atoms with van der Waals surface area (Å²) in [6.07, 6.45) is 23.9. The fourth-order valence-electron chi connectivity index (χ4n) is 20.4. The average molecular weight is 1420 g/mol. The minimum Gasteiger partial charge on any atom is -0.369 e. The molecule has 11 aliphatic rings. The molecule has 11 aliphatic carbocycles. The van der Waals surface area contributed by atoms with Crippen LogP contribution < -0.4 is 75.3 Å². The van der Waals surface area contributed by atoms with Crippen molar-refractivity contribution in [3.8, 4) is 0 Å². The Morgan fingerprint density at radius 3 is 0.706 bits per heavy atom. The monoisotopic (exact) mass is 1420 g/mol.